The number of piperidine rings is 1. The fourth-order valence-corrected chi connectivity index (χ4v) is 3.63. The highest BCUT2D eigenvalue weighted by molar-refractivity contribution is 9.10. The number of likely N-dealkylation sites (tertiary alicyclic amines) is 1. The van der Waals surface area contributed by atoms with Crippen LogP contribution in [0, 0.1) is 5.92 Å². The number of ketones is 1. The summed E-state index contributed by atoms with van der Waals surface area (Å²) in [5.74, 6) is -2.70. The van der Waals surface area contributed by atoms with Crippen molar-refractivity contribution in [2.75, 3.05) is 24.7 Å². The number of benzene rings is 1. The molecular weight excluding hydrogens is 377 g/mol. The average molecular weight is 391 g/mol. The maximum atomic E-state index is 12.9. The van der Waals surface area contributed by atoms with Crippen molar-refractivity contribution in [1.29, 1.82) is 0 Å². The molecule has 0 radical (unpaired) electrons. The Hall–Kier alpha value is -1.41. The van der Waals surface area contributed by atoms with E-state index in [0.717, 1.165) is 0 Å². The van der Waals surface area contributed by atoms with E-state index >= 15 is 0 Å². The Balaban J connectivity index is 1.80. The fourth-order valence-electron chi connectivity index (χ4n) is 3.09. The van der Waals surface area contributed by atoms with Crippen LogP contribution >= 0.6 is 15.9 Å². The maximum absolute atomic E-state index is 12.9. The minimum absolute atomic E-state index is 0.000602. The molecule has 2 aliphatic rings. The SMILES string of the molecule is O=C1C(=O)N(CN2CCC[C@H](C(F)(F)F)C2)c2cccc(Br)c21. The van der Waals surface area contributed by atoms with E-state index in [4.69, 9.17) is 0 Å². The van der Waals surface area contributed by atoms with E-state index in [0.29, 0.717) is 23.1 Å². The fraction of sp³-hybridized carbons (Fsp3) is 0.467. The zero-order valence-electron chi connectivity index (χ0n) is 12.1. The summed E-state index contributed by atoms with van der Waals surface area (Å²) in [6.45, 7) is 0.333. The highest BCUT2D eigenvalue weighted by Crippen LogP contribution is 2.36. The lowest BCUT2D eigenvalue weighted by Gasteiger charge is -2.35. The van der Waals surface area contributed by atoms with Crippen molar-refractivity contribution in [2.45, 2.75) is 19.0 Å². The number of Topliss-reactive ketones (excluding diaryl/α,β-unsaturated/α-hetero) is 1. The number of alkyl halides is 3. The Bertz CT molecular complexity index is 663. The van der Waals surface area contributed by atoms with E-state index in [2.05, 4.69) is 15.9 Å². The average Bonchev–Trinajstić information content (AvgIpc) is 2.73. The predicted molar refractivity (Wildman–Crippen MR) is 81.2 cm³/mol. The molecule has 4 nitrogen and oxygen atoms in total. The summed E-state index contributed by atoms with van der Waals surface area (Å²) in [5, 5.41) is 0. The van der Waals surface area contributed by atoms with Crippen LogP contribution in [0.5, 0.6) is 0 Å². The number of carbonyl (C=O) groups is 2. The predicted octanol–water partition coefficient (Wildman–Crippen LogP) is 3.21. The molecule has 0 aliphatic carbocycles. The maximum Gasteiger partial charge on any atom is 0.393 e. The first-order valence-electron chi connectivity index (χ1n) is 7.23. The van der Waals surface area contributed by atoms with Crippen LogP contribution in [0.25, 0.3) is 0 Å². The molecule has 0 saturated carbocycles. The number of hydrogen-bond donors (Lipinski definition) is 0. The van der Waals surface area contributed by atoms with Gasteiger partial charge >= 0.3 is 12.1 Å². The first-order chi connectivity index (χ1) is 10.8. The first-order valence-corrected chi connectivity index (χ1v) is 8.02. The summed E-state index contributed by atoms with van der Waals surface area (Å²) in [6.07, 6.45) is -3.70. The van der Waals surface area contributed by atoms with E-state index in [9.17, 15) is 22.8 Å². The topological polar surface area (TPSA) is 40.6 Å². The van der Waals surface area contributed by atoms with Gasteiger partial charge < -0.3 is 0 Å². The molecule has 1 aromatic carbocycles. The van der Waals surface area contributed by atoms with Gasteiger partial charge in [0.2, 0.25) is 0 Å². The number of halogens is 4. The van der Waals surface area contributed by atoms with Crippen molar-refractivity contribution >= 4 is 33.3 Å². The quantitative estimate of drug-likeness (QED) is 0.728. The van der Waals surface area contributed by atoms with Crippen molar-refractivity contribution in [3.05, 3.63) is 28.2 Å². The van der Waals surface area contributed by atoms with Crippen LogP contribution in [-0.2, 0) is 4.79 Å². The van der Waals surface area contributed by atoms with Crippen LogP contribution in [0.15, 0.2) is 22.7 Å². The van der Waals surface area contributed by atoms with Gasteiger partial charge in [-0.15, -0.1) is 0 Å². The third-order valence-corrected chi connectivity index (χ3v) is 4.92. The molecule has 2 aliphatic heterocycles. The first kappa shape index (κ1) is 16.4. The van der Waals surface area contributed by atoms with Crippen LogP contribution in [0.1, 0.15) is 23.2 Å². The smallest absolute Gasteiger partial charge is 0.291 e. The van der Waals surface area contributed by atoms with Crippen LogP contribution in [0.2, 0.25) is 0 Å². The van der Waals surface area contributed by atoms with E-state index in [-0.39, 0.29) is 25.2 Å². The molecule has 0 N–H and O–H groups in total. The minimum atomic E-state index is -4.23. The van der Waals surface area contributed by atoms with Gasteiger partial charge in [0, 0.05) is 11.0 Å². The lowest BCUT2D eigenvalue weighted by Crippen LogP contribution is -2.48. The molecule has 1 saturated heterocycles. The molecule has 23 heavy (non-hydrogen) atoms. The normalized spacial score (nSPS) is 22.6. The zero-order chi connectivity index (χ0) is 16.8. The Morgan fingerprint density at radius 1 is 1.26 bits per heavy atom. The molecule has 8 heteroatoms. The van der Waals surface area contributed by atoms with Crippen LogP contribution in [0.4, 0.5) is 18.9 Å². The van der Waals surface area contributed by atoms with Crippen LogP contribution < -0.4 is 4.90 Å². The van der Waals surface area contributed by atoms with Crippen molar-refractivity contribution in [3.8, 4) is 0 Å². The Morgan fingerprint density at radius 3 is 2.70 bits per heavy atom. The van der Waals surface area contributed by atoms with E-state index in [1.54, 1.807) is 23.1 Å². The van der Waals surface area contributed by atoms with E-state index < -0.39 is 23.8 Å². The highest BCUT2D eigenvalue weighted by Gasteiger charge is 2.43. The number of anilines is 1. The van der Waals surface area contributed by atoms with Crippen molar-refractivity contribution in [1.82, 2.24) is 4.90 Å². The molecule has 1 fully saturated rings. The van der Waals surface area contributed by atoms with Gasteiger partial charge in [-0.1, -0.05) is 6.07 Å². The molecule has 2 heterocycles. The molecule has 0 aromatic heterocycles. The van der Waals surface area contributed by atoms with Gasteiger partial charge in [0.25, 0.3) is 5.78 Å². The van der Waals surface area contributed by atoms with E-state index in [1.165, 1.54) is 4.90 Å². The van der Waals surface area contributed by atoms with Gasteiger partial charge in [-0.25, -0.2) is 0 Å². The zero-order valence-corrected chi connectivity index (χ0v) is 13.7. The second-order valence-electron chi connectivity index (χ2n) is 5.80. The summed E-state index contributed by atoms with van der Waals surface area (Å²) in [4.78, 5) is 27.1. The van der Waals surface area contributed by atoms with Gasteiger partial charge in [-0.3, -0.25) is 19.4 Å². The van der Waals surface area contributed by atoms with Gasteiger partial charge in [0.1, 0.15) is 0 Å². The van der Waals surface area contributed by atoms with Crippen molar-refractivity contribution in [3.63, 3.8) is 0 Å². The lowest BCUT2D eigenvalue weighted by atomic mass is 9.98. The molecule has 1 amide bonds. The van der Waals surface area contributed by atoms with Crippen LogP contribution in [-0.4, -0.2) is 42.5 Å². The van der Waals surface area contributed by atoms with Gasteiger partial charge in [0.05, 0.1) is 23.8 Å². The third kappa shape index (κ3) is 3.01. The van der Waals surface area contributed by atoms with Crippen molar-refractivity contribution in [2.24, 2.45) is 5.92 Å². The largest absolute Gasteiger partial charge is 0.393 e. The summed E-state index contributed by atoms with van der Waals surface area (Å²) in [5.41, 5.74) is 0.727. The number of nitrogens with zero attached hydrogens (tertiary/aromatic N) is 2. The monoisotopic (exact) mass is 390 g/mol. The van der Waals surface area contributed by atoms with Gasteiger partial charge in [-0.2, -0.15) is 13.2 Å². The minimum Gasteiger partial charge on any atom is -0.291 e. The Kier molecular flexibility index (Phi) is 4.22. The molecule has 1 aromatic rings. The van der Waals surface area contributed by atoms with E-state index in [1.807, 2.05) is 0 Å². The molecule has 0 unspecified atom stereocenters. The molecule has 124 valence electrons. The second-order valence-corrected chi connectivity index (χ2v) is 6.65. The van der Waals surface area contributed by atoms with Crippen molar-refractivity contribution < 1.29 is 22.8 Å². The Morgan fingerprint density at radius 2 is 2.00 bits per heavy atom. The summed E-state index contributed by atoms with van der Waals surface area (Å²) >= 11 is 3.24. The molecule has 0 bridgehead atoms. The summed E-state index contributed by atoms with van der Waals surface area (Å²) in [7, 11) is 0. The van der Waals surface area contributed by atoms with Gasteiger partial charge in [0.15, 0.2) is 0 Å². The molecule has 0 spiro atoms. The summed E-state index contributed by atoms with van der Waals surface area (Å²) in [6, 6.07) is 4.98. The summed E-state index contributed by atoms with van der Waals surface area (Å²) < 4.78 is 39.2. The molecule has 1 atom stereocenters. The van der Waals surface area contributed by atoms with Crippen LogP contribution in [0.3, 0.4) is 0 Å². The van der Waals surface area contributed by atoms with Gasteiger partial charge in [-0.05, 0) is 47.4 Å². The lowest BCUT2D eigenvalue weighted by molar-refractivity contribution is -0.186. The highest BCUT2D eigenvalue weighted by atomic mass is 79.9. The standard InChI is InChI=1S/C15H14BrF3N2O2/c16-10-4-1-5-11-12(10)13(22)14(23)21(11)8-20-6-2-3-9(7-20)15(17,18)19/h1,4-5,9H,2-3,6-8H2/t9-/m0/s1. The number of fused-ring (bicyclic) bond motifs is 1. The number of rotatable bonds is 2. The number of carbonyl (C=O) groups excluding carboxylic acids is 2. The molecular formula is C15H14BrF3N2O2. The Labute approximate surface area is 139 Å². The second kappa shape index (κ2) is 5.90. The third-order valence-electron chi connectivity index (χ3n) is 4.26. The number of amides is 1. The number of hydrogen-bond acceptors (Lipinski definition) is 3. The molecule has 3 rings (SSSR count).